The predicted octanol–water partition coefficient (Wildman–Crippen LogP) is 3.86. The molecule has 4 aliphatic carbocycles. The van der Waals surface area contributed by atoms with Crippen LogP contribution in [0.25, 0.3) is 0 Å². The number of ether oxygens (including phenoxy) is 2. The van der Waals surface area contributed by atoms with E-state index in [2.05, 4.69) is 13.8 Å². The zero-order valence-electron chi connectivity index (χ0n) is 17.8. The topological polar surface area (TPSA) is 72.8 Å². The van der Waals surface area contributed by atoms with Crippen molar-refractivity contribution < 1.29 is 24.2 Å². The van der Waals surface area contributed by atoms with Gasteiger partial charge in [0.25, 0.3) is 0 Å². The van der Waals surface area contributed by atoms with Crippen LogP contribution in [0, 0.1) is 34.5 Å². The summed E-state index contributed by atoms with van der Waals surface area (Å²) < 4.78 is 11.2. The molecule has 0 aromatic heterocycles. The predicted molar refractivity (Wildman–Crippen MR) is 104 cm³/mol. The number of rotatable bonds is 2. The van der Waals surface area contributed by atoms with Crippen LogP contribution in [0.3, 0.4) is 0 Å². The maximum absolute atomic E-state index is 11.6. The van der Waals surface area contributed by atoms with Crippen LogP contribution >= 0.6 is 0 Å². The highest BCUT2D eigenvalue weighted by Gasteiger charge is 2.62. The molecule has 5 nitrogen and oxygen atoms in total. The number of carbonyl (C=O) groups is 2. The maximum Gasteiger partial charge on any atom is 0.302 e. The second-order valence-corrected chi connectivity index (χ2v) is 10.5. The van der Waals surface area contributed by atoms with Crippen LogP contribution in [-0.4, -0.2) is 35.4 Å². The first-order valence-corrected chi connectivity index (χ1v) is 11.2. The first kappa shape index (κ1) is 20.2. The Morgan fingerprint density at radius 3 is 2.14 bits per heavy atom. The van der Waals surface area contributed by atoms with Gasteiger partial charge in [0.05, 0.1) is 6.10 Å². The fourth-order valence-corrected chi connectivity index (χ4v) is 7.95. The second kappa shape index (κ2) is 7.00. The highest BCUT2D eigenvalue weighted by Crippen LogP contribution is 2.66. The van der Waals surface area contributed by atoms with Gasteiger partial charge in [-0.2, -0.15) is 0 Å². The van der Waals surface area contributed by atoms with Gasteiger partial charge in [0.2, 0.25) is 0 Å². The fourth-order valence-electron chi connectivity index (χ4n) is 7.95. The Hall–Kier alpha value is -1.10. The fraction of sp³-hybridized carbons (Fsp3) is 0.913. The van der Waals surface area contributed by atoms with Crippen molar-refractivity contribution in [2.24, 2.45) is 34.5 Å². The molecule has 9 atom stereocenters. The van der Waals surface area contributed by atoms with Crippen LogP contribution in [0.5, 0.6) is 0 Å². The summed E-state index contributed by atoms with van der Waals surface area (Å²) >= 11 is 0. The Balaban J connectivity index is 1.55. The van der Waals surface area contributed by atoms with Gasteiger partial charge in [-0.3, -0.25) is 9.59 Å². The molecule has 4 rings (SSSR count). The molecule has 4 fully saturated rings. The van der Waals surface area contributed by atoms with Crippen molar-refractivity contribution in [3.63, 3.8) is 0 Å². The van der Waals surface area contributed by atoms with E-state index >= 15 is 0 Å². The van der Waals surface area contributed by atoms with Crippen LogP contribution < -0.4 is 0 Å². The van der Waals surface area contributed by atoms with E-state index in [1.165, 1.54) is 13.8 Å². The number of carbonyl (C=O) groups excluding carboxylic acids is 2. The molecule has 0 saturated heterocycles. The zero-order valence-corrected chi connectivity index (χ0v) is 17.8. The smallest absolute Gasteiger partial charge is 0.302 e. The summed E-state index contributed by atoms with van der Waals surface area (Å²) in [6, 6.07) is 0. The number of hydrogen-bond donors (Lipinski definition) is 1. The number of hydrogen-bond acceptors (Lipinski definition) is 5. The van der Waals surface area contributed by atoms with Crippen molar-refractivity contribution in [2.75, 3.05) is 0 Å². The van der Waals surface area contributed by atoms with Crippen molar-refractivity contribution in [3.05, 3.63) is 0 Å². The van der Waals surface area contributed by atoms with E-state index in [1.54, 1.807) is 0 Å². The average molecular weight is 393 g/mol. The standard InChI is InChI=1S/C23H36O5/c1-13(24)27-15-7-9-22(3)18-8-10-23(4)17(5-6-21(23)28-14(2)25)16(18)12-20(26)19(22)11-15/h15-21,26H,5-12H2,1-4H3/t15-,16-,17-,18-,19+,20+,21-,22+,23-/m0/s1. The highest BCUT2D eigenvalue weighted by atomic mass is 16.5. The third-order valence-corrected chi connectivity index (χ3v) is 9.19. The van der Waals surface area contributed by atoms with Gasteiger partial charge in [0, 0.05) is 19.3 Å². The normalized spacial score (nSPS) is 50.1. The van der Waals surface area contributed by atoms with Crippen molar-refractivity contribution in [1.29, 1.82) is 0 Å². The molecule has 0 bridgehead atoms. The summed E-state index contributed by atoms with van der Waals surface area (Å²) in [5.41, 5.74) is 0.157. The molecule has 4 aliphatic rings. The molecule has 4 saturated carbocycles. The Bertz CT molecular complexity index is 647. The van der Waals surface area contributed by atoms with E-state index in [1.807, 2.05) is 0 Å². The lowest BCUT2D eigenvalue weighted by Crippen LogP contribution is -2.58. The van der Waals surface area contributed by atoms with E-state index in [0.29, 0.717) is 17.8 Å². The van der Waals surface area contributed by atoms with E-state index < -0.39 is 0 Å². The van der Waals surface area contributed by atoms with Crippen molar-refractivity contribution in [1.82, 2.24) is 0 Å². The zero-order chi connectivity index (χ0) is 20.3. The van der Waals surface area contributed by atoms with E-state index in [9.17, 15) is 14.7 Å². The lowest BCUT2D eigenvalue weighted by molar-refractivity contribution is -0.187. The van der Waals surface area contributed by atoms with Gasteiger partial charge >= 0.3 is 11.9 Å². The van der Waals surface area contributed by atoms with Gasteiger partial charge in [0.1, 0.15) is 12.2 Å². The largest absolute Gasteiger partial charge is 0.463 e. The van der Waals surface area contributed by atoms with Crippen LogP contribution in [0.1, 0.15) is 79.1 Å². The quantitative estimate of drug-likeness (QED) is 0.723. The summed E-state index contributed by atoms with van der Waals surface area (Å²) in [5, 5.41) is 11.1. The van der Waals surface area contributed by atoms with Gasteiger partial charge in [-0.05, 0) is 80.5 Å². The first-order chi connectivity index (χ1) is 13.1. The third kappa shape index (κ3) is 3.09. The Labute approximate surface area is 168 Å². The van der Waals surface area contributed by atoms with Crippen molar-refractivity contribution in [3.8, 4) is 0 Å². The number of esters is 2. The Morgan fingerprint density at radius 2 is 1.46 bits per heavy atom. The maximum atomic E-state index is 11.6. The Morgan fingerprint density at radius 1 is 0.821 bits per heavy atom. The number of aliphatic hydroxyl groups is 1. The summed E-state index contributed by atoms with van der Waals surface area (Å²) in [7, 11) is 0. The van der Waals surface area contributed by atoms with Gasteiger partial charge in [-0.15, -0.1) is 0 Å². The van der Waals surface area contributed by atoms with E-state index in [-0.39, 0.29) is 47.0 Å². The summed E-state index contributed by atoms with van der Waals surface area (Å²) in [6.45, 7) is 7.68. The minimum Gasteiger partial charge on any atom is -0.463 e. The molecule has 0 aliphatic heterocycles. The lowest BCUT2D eigenvalue weighted by atomic mass is 9.44. The molecule has 0 unspecified atom stereocenters. The van der Waals surface area contributed by atoms with Gasteiger partial charge < -0.3 is 14.6 Å². The monoisotopic (exact) mass is 392 g/mol. The van der Waals surface area contributed by atoms with E-state index in [0.717, 1.165) is 51.4 Å². The molecule has 1 N–H and O–H groups in total. The van der Waals surface area contributed by atoms with Gasteiger partial charge in [-0.1, -0.05) is 13.8 Å². The van der Waals surface area contributed by atoms with Crippen molar-refractivity contribution >= 4 is 11.9 Å². The number of fused-ring (bicyclic) bond motifs is 5. The molecule has 158 valence electrons. The van der Waals surface area contributed by atoms with Gasteiger partial charge in [0.15, 0.2) is 0 Å². The molecule has 28 heavy (non-hydrogen) atoms. The van der Waals surface area contributed by atoms with Crippen LogP contribution in [0.2, 0.25) is 0 Å². The molecule has 0 heterocycles. The first-order valence-electron chi connectivity index (χ1n) is 11.2. The minimum atomic E-state index is -0.334. The Kier molecular flexibility index (Phi) is 5.05. The second-order valence-electron chi connectivity index (χ2n) is 10.5. The molecule has 0 aromatic rings. The van der Waals surface area contributed by atoms with Crippen molar-refractivity contribution in [2.45, 2.75) is 97.4 Å². The summed E-state index contributed by atoms with van der Waals surface area (Å²) in [4.78, 5) is 23.0. The molecule has 0 radical (unpaired) electrons. The molecular formula is C23H36O5. The number of aliphatic hydroxyl groups excluding tert-OH is 1. The van der Waals surface area contributed by atoms with Gasteiger partial charge in [-0.25, -0.2) is 0 Å². The molecule has 0 aromatic carbocycles. The highest BCUT2D eigenvalue weighted by molar-refractivity contribution is 5.66. The third-order valence-electron chi connectivity index (χ3n) is 9.19. The van der Waals surface area contributed by atoms with Crippen LogP contribution in [-0.2, 0) is 19.1 Å². The molecule has 0 spiro atoms. The lowest BCUT2D eigenvalue weighted by Gasteiger charge is -2.62. The average Bonchev–Trinajstić information content (AvgIpc) is 2.92. The summed E-state index contributed by atoms with van der Waals surface area (Å²) in [6.07, 6.45) is 7.49. The molecule has 5 heteroatoms. The molecular weight excluding hydrogens is 356 g/mol. The SMILES string of the molecule is CC(=O)O[C@H]1CC[C@@]2(C)[C@H](C1)[C@H](O)C[C@@H]1[C@@H]2CC[C@]2(C)[C@@H](OC(C)=O)CC[C@@H]12. The minimum absolute atomic E-state index is 0.0262. The van der Waals surface area contributed by atoms with Crippen LogP contribution in [0.4, 0.5) is 0 Å². The molecule has 0 amide bonds. The van der Waals surface area contributed by atoms with E-state index in [4.69, 9.17) is 9.47 Å². The summed E-state index contributed by atoms with van der Waals surface area (Å²) in [5.74, 6) is 1.45. The van der Waals surface area contributed by atoms with Crippen LogP contribution in [0.15, 0.2) is 0 Å².